The predicted molar refractivity (Wildman–Crippen MR) is 158 cm³/mol. The van der Waals surface area contributed by atoms with E-state index in [0.29, 0.717) is 22.4 Å². The first-order valence-corrected chi connectivity index (χ1v) is 13.1. The van der Waals surface area contributed by atoms with Gasteiger partial charge in [-0.05, 0) is 70.9 Å². The van der Waals surface area contributed by atoms with Gasteiger partial charge in [0.25, 0.3) is 0 Å². The van der Waals surface area contributed by atoms with Crippen molar-refractivity contribution < 1.29 is 14.5 Å². The van der Waals surface area contributed by atoms with Crippen molar-refractivity contribution in [3.63, 3.8) is 0 Å². The molecule has 0 saturated carbocycles. The quantitative estimate of drug-likeness (QED) is 0.219. The zero-order valence-electron chi connectivity index (χ0n) is 26.3. The van der Waals surface area contributed by atoms with Gasteiger partial charge in [0.1, 0.15) is 19.6 Å². The maximum absolute atomic E-state index is 10.2. The zero-order valence-corrected chi connectivity index (χ0v) is 22.3. The highest BCUT2D eigenvalue weighted by atomic mass is 16.3. The number of aryl methyl sites for hydroxylation is 2. The summed E-state index contributed by atoms with van der Waals surface area (Å²) in [5, 5.41) is 12.0. The normalized spacial score (nSPS) is 15.3. The number of pyridine rings is 1. The number of hydrogen-bond acceptors (Lipinski definition) is 2. The van der Waals surface area contributed by atoms with Gasteiger partial charge in [-0.25, -0.2) is 4.57 Å². The van der Waals surface area contributed by atoms with Gasteiger partial charge in [-0.15, -0.1) is 0 Å². The second-order valence-corrected chi connectivity index (χ2v) is 11.0. The maximum Gasteiger partial charge on any atom is 0.216 e. The third-order valence-corrected chi connectivity index (χ3v) is 8.33. The van der Waals surface area contributed by atoms with Gasteiger partial charge in [0.15, 0.2) is 6.17 Å². The van der Waals surface area contributed by atoms with Gasteiger partial charge in [0.2, 0.25) is 5.69 Å². The molecule has 0 N–H and O–H groups in total. The van der Waals surface area contributed by atoms with Crippen LogP contribution in [0.5, 0.6) is 0 Å². The topological polar surface area (TPSA) is 40.8 Å². The Bertz CT molecular complexity index is 2200. The number of nitriles is 1. The van der Waals surface area contributed by atoms with Crippen molar-refractivity contribution in [3.05, 3.63) is 113 Å². The second kappa shape index (κ2) is 8.16. The number of hydrogen-bond donors (Lipinski definition) is 0. The highest BCUT2D eigenvalue weighted by Crippen LogP contribution is 2.50. The summed E-state index contributed by atoms with van der Waals surface area (Å²) in [4.78, 5) is 0. The lowest BCUT2D eigenvalue weighted by Gasteiger charge is -2.21. The van der Waals surface area contributed by atoms with Crippen LogP contribution in [-0.2, 0) is 12.5 Å². The lowest BCUT2D eigenvalue weighted by Crippen LogP contribution is -2.30. The van der Waals surface area contributed by atoms with Gasteiger partial charge in [-0.2, -0.15) is 5.26 Å². The maximum atomic E-state index is 10.2. The highest BCUT2D eigenvalue weighted by Gasteiger charge is 2.35. The summed E-state index contributed by atoms with van der Waals surface area (Å²) in [6.07, 6.45) is 0.0879. The van der Waals surface area contributed by atoms with Crippen LogP contribution in [0.25, 0.3) is 55.4 Å². The number of benzene rings is 4. The molecule has 0 spiro atoms. The van der Waals surface area contributed by atoms with E-state index in [2.05, 4.69) is 62.4 Å². The molecule has 0 radical (unpaired) electrons. The van der Waals surface area contributed by atoms with Crippen molar-refractivity contribution in [2.75, 3.05) is 0 Å². The molecule has 0 atom stereocenters. The Labute approximate surface area is 234 Å². The van der Waals surface area contributed by atoms with Gasteiger partial charge in [0.05, 0.1) is 17.2 Å². The Hall–Kier alpha value is -4.68. The molecule has 2 heterocycles. The van der Waals surface area contributed by atoms with Crippen LogP contribution in [0.3, 0.4) is 0 Å². The molecule has 3 nitrogen and oxygen atoms in total. The SMILES string of the molecule is [2H]c1cc(C([2H])([2H])[2H])cc(-c2c(C)ccc3c2oc2c(-c4ccc5c(c4)-c4ccccc4C5(C)C)c(C#N)ccc23)[n+]1C. The summed E-state index contributed by atoms with van der Waals surface area (Å²) in [6, 6.07) is 28.0. The average Bonchev–Trinajstić information content (AvgIpc) is 3.45. The summed E-state index contributed by atoms with van der Waals surface area (Å²) >= 11 is 0. The third-order valence-electron chi connectivity index (χ3n) is 8.33. The number of furan rings is 1. The molecule has 6 aromatic rings. The summed E-state index contributed by atoms with van der Waals surface area (Å²) in [6.45, 7) is 4.08. The third kappa shape index (κ3) is 3.25. The number of aromatic nitrogens is 1. The van der Waals surface area contributed by atoms with E-state index < -0.39 is 6.85 Å². The fourth-order valence-corrected chi connectivity index (χ4v) is 6.34. The average molecular weight is 510 g/mol. The molecule has 0 saturated heterocycles. The standard InChI is InChI=1S/C36H29N2O/c1-21-16-17-38(5)31(18-21)32-22(2)10-13-26-27-14-11-24(20-37)33(35(27)39-34(26)32)23-12-15-30-28(19-23)25-8-6-7-9-29(25)36(30,3)4/h6-19H,1-5H3/q+1/i1D3,17D. The summed E-state index contributed by atoms with van der Waals surface area (Å²) in [5.74, 6) is 0. The summed E-state index contributed by atoms with van der Waals surface area (Å²) < 4.78 is 40.8. The molecule has 4 aromatic carbocycles. The smallest absolute Gasteiger partial charge is 0.216 e. The molecule has 39 heavy (non-hydrogen) atoms. The van der Waals surface area contributed by atoms with Crippen LogP contribution in [0.15, 0.2) is 89.5 Å². The Morgan fingerprint density at radius 3 is 2.41 bits per heavy atom. The molecule has 0 fully saturated rings. The van der Waals surface area contributed by atoms with Crippen LogP contribution in [0.4, 0.5) is 0 Å². The van der Waals surface area contributed by atoms with Crippen molar-refractivity contribution >= 4 is 21.9 Å². The highest BCUT2D eigenvalue weighted by molar-refractivity contribution is 6.14. The van der Waals surface area contributed by atoms with Crippen LogP contribution in [-0.4, -0.2) is 0 Å². The first kappa shape index (κ1) is 19.4. The van der Waals surface area contributed by atoms with Crippen molar-refractivity contribution in [1.29, 1.82) is 5.26 Å². The van der Waals surface area contributed by atoms with E-state index in [9.17, 15) is 5.26 Å². The van der Waals surface area contributed by atoms with Gasteiger partial charge in [0, 0.05) is 38.0 Å². The van der Waals surface area contributed by atoms with Gasteiger partial charge >= 0.3 is 0 Å². The minimum atomic E-state index is -2.36. The predicted octanol–water partition coefficient (Wildman–Crippen LogP) is 8.54. The molecule has 0 amide bonds. The number of nitrogens with zero attached hydrogens (tertiary/aromatic N) is 2. The molecule has 2 aromatic heterocycles. The lowest BCUT2D eigenvalue weighted by atomic mass is 9.82. The van der Waals surface area contributed by atoms with Crippen molar-refractivity contribution in [3.8, 4) is 39.6 Å². The Morgan fingerprint density at radius 2 is 1.62 bits per heavy atom. The van der Waals surface area contributed by atoms with E-state index in [-0.39, 0.29) is 17.2 Å². The molecule has 188 valence electrons. The second-order valence-electron chi connectivity index (χ2n) is 11.0. The summed E-state index contributed by atoms with van der Waals surface area (Å²) in [5.41, 5.74) is 10.4. The monoisotopic (exact) mass is 509 g/mol. The van der Waals surface area contributed by atoms with Crippen molar-refractivity contribution in [2.45, 2.75) is 33.0 Å². The molecule has 1 aliphatic rings. The molecule has 3 heteroatoms. The Kier molecular flexibility index (Phi) is 4.06. The Balaban J connectivity index is 1.53. The Morgan fingerprint density at radius 1 is 0.872 bits per heavy atom. The van der Waals surface area contributed by atoms with Crippen molar-refractivity contribution in [2.24, 2.45) is 7.05 Å². The van der Waals surface area contributed by atoms with Crippen molar-refractivity contribution in [1.82, 2.24) is 0 Å². The van der Waals surface area contributed by atoms with Gasteiger partial charge in [-0.1, -0.05) is 62.4 Å². The van der Waals surface area contributed by atoms with E-state index in [1.807, 2.05) is 31.2 Å². The molecule has 7 rings (SSSR count). The minimum Gasteiger partial charge on any atom is -0.454 e. The van der Waals surface area contributed by atoms with E-state index in [4.69, 9.17) is 9.90 Å². The van der Waals surface area contributed by atoms with Crippen LogP contribution >= 0.6 is 0 Å². The minimum absolute atomic E-state index is 0.0879. The fourth-order valence-electron chi connectivity index (χ4n) is 6.34. The molecule has 0 unspecified atom stereocenters. The summed E-state index contributed by atoms with van der Waals surface area (Å²) in [7, 11) is 1.75. The zero-order chi connectivity index (χ0) is 30.4. The van der Waals surface area contributed by atoms with E-state index >= 15 is 0 Å². The van der Waals surface area contributed by atoms with Gasteiger partial charge in [-0.3, -0.25) is 0 Å². The van der Waals surface area contributed by atoms with Crippen LogP contribution in [0.1, 0.15) is 47.1 Å². The molecular weight excluding hydrogens is 476 g/mol. The largest absolute Gasteiger partial charge is 0.454 e. The molecule has 1 aliphatic carbocycles. The first-order chi connectivity index (χ1) is 20.4. The number of fused-ring (bicyclic) bond motifs is 6. The molecular formula is C36H29N2O+. The van der Waals surface area contributed by atoms with Crippen LogP contribution in [0.2, 0.25) is 0 Å². The molecule has 0 aliphatic heterocycles. The van der Waals surface area contributed by atoms with E-state index in [1.54, 1.807) is 17.7 Å². The van der Waals surface area contributed by atoms with Gasteiger partial charge < -0.3 is 4.42 Å². The van der Waals surface area contributed by atoms with Crippen LogP contribution < -0.4 is 4.57 Å². The van der Waals surface area contributed by atoms with E-state index in [0.717, 1.165) is 38.6 Å². The van der Waals surface area contributed by atoms with Crippen LogP contribution in [0, 0.1) is 25.1 Å². The lowest BCUT2D eigenvalue weighted by molar-refractivity contribution is -0.660. The number of rotatable bonds is 2. The first-order valence-electron chi connectivity index (χ1n) is 15.1. The fraction of sp³-hybridized carbons (Fsp3) is 0.167. The van der Waals surface area contributed by atoms with E-state index in [1.165, 1.54) is 22.8 Å². The molecule has 0 bridgehead atoms.